The van der Waals surface area contributed by atoms with Crippen LogP contribution in [0.25, 0.3) is 11.3 Å². The first-order valence-electron chi connectivity index (χ1n) is 9.38. The van der Waals surface area contributed by atoms with Crippen LogP contribution in [0.3, 0.4) is 0 Å². The molecule has 0 aliphatic carbocycles. The second kappa shape index (κ2) is 8.71. The van der Waals surface area contributed by atoms with E-state index in [-0.39, 0.29) is 24.1 Å². The highest BCUT2D eigenvalue weighted by Gasteiger charge is 2.25. The van der Waals surface area contributed by atoms with Crippen molar-refractivity contribution in [3.8, 4) is 11.3 Å². The van der Waals surface area contributed by atoms with E-state index in [0.717, 1.165) is 15.6 Å². The third-order valence-corrected chi connectivity index (χ3v) is 5.41. The Morgan fingerprint density at radius 3 is 2.59 bits per heavy atom. The molecule has 0 saturated carbocycles. The first-order valence-corrected chi connectivity index (χ1v) is 10.2. The molecule has 2 heterocycles. The summed E-state index contributed by atoms with van der Waals surface area (Å²) in [5, 5.41) is 4.39. The van der Waals surface area contributed by atoms with E-state index in [0.29, 0.717) is 25.4 Å². The maximum Gasteiger partial charge on any atom is 0.267 e. The molecule has 2 aromatic carbocycles. The molecular weight excluding hydrogens is 434 g/mol. The number of carbonyl (C=O) groups excluding carboxylic acids is 1. The van der Waals surface area contributed by atoms with Gasteiger partial charge in [-0.05, 0) is 23.8 Å². The maximum atomic E-state index is 12.9. The zero-order valence-corrected chi connectivity index (χ0v) is 17.3. The fraction of sp³-hybridized carbons (Fsp3) is 0.227. The van der Waals surface area contributed by atoms with Gasteiger partial charge in [0.1, 0.15) is 12.6 Å². The van der Waals surface area contributed by atoms with E-state index in [1.54, 1.807) is 11.0 Å². The summed E-state index contributed by atoms with van der Waals surface area (Å²) in [5.74, 6) is -0.142. The summed E-state index contributed by atoms with van der Waals surface area (Å²) in [5.41, 5.74) is 2.27. The van der Waals surface area contributed by atoms with Crippen LogP contribution in [-0.4, -0.2) is 40.3 Å². The van der Waals surface area contributed by atoms with Gasteiger partial charge >= 0.3 is 0 Å². The lowest BCUT2D eigenvalue weighted by Gasteiger charge is -2.33. The summed E-state index contributed by atoms with van der Waals surface area (Å²) in [4.78, 5) is 26.8. The van der Waals surface area contributed by atoms with Crippen molar-refractivity contribution in [2.24, 2.45) is 0 Å². The average Bonchev–Trinajstić information content (AvgIpc) is 2.76. The minimum Gasteiger partial charge on any atom is -0.370 e. The van der Waals surface area contributed by atoms with Crippen LogP contribution in [0.2, 0.25) is 0 Å². The van der Waals surface area contributed by atoms with Gasteiger partial charge in [0.05, 0.1) is 18.8 Å². The molecule has 6 nitrogen and oxygen atoms in total. The predicted octanol–water partition coefficient (Wildman–Crippen LogP) is 3.27. The summed E-state index contributed by atoms with van der Waals surface area (Å²) in [6.45, 7) is 1.34. The molecule has 1 atom stereocenters. The Balaban J connectivity index is 1.50. The molecule has 4 rings (SSSR count). The molecule has 0 radical (unpaired) electrons. The summed E-state index contributed by atoms with van der Waals surface area (Å²) in [7, 11) is 0. The van der Waals surface area contributed by atoms with Gasteiger partial charge in [-0.3, -0.25) is 9.59 Å². The van der Waals surface area contributed by atoms with Crippen molar-refractivity contribution in [2.45, 2.75) is 12.6 Å². The molecule has 29 heavy (non-hydrogen) atoms. The van der Waals surface area contributed by atoms with Crippen LogP contribution in [0.5, 0.6) is 0 Å². The van der Waals surface area contributed by atoms with Gasteiger partial charge in [0.15, 0.2) is 0 Å². The zero-order valence-electron chi connectivity index (χ0n) is 15.7. The Morgan fingerprint density at radius 1 is 1.07 bits per heavy atom. The molecule has 1 amide bonds. The van der Waals surface area contributed by atoms with Gasteiger partial charge in [-0.25, -0.2) is 4.68 Å². The number of rotatable bonds is 4. The number of morpholine rings is 1. The quantitative estimate of drug-likeness (QED) is 0.607. The third-order valence-electron chi connectivity index (χ3n) is 4.88. The van der Waals surface area contributed by atoms with Crippen molar-refractivity contribution in [1.29, 1.82) is 0 Å². The van der Waals surface area contributed by atoms with Gasteiger partial charge in [-0.1, -0.05) is 58.4 Å². The molecule has 7 heteroatoms. The van der Waals surface area contributed by atoms with Crippen molar-refractivity contribution >= 4 is 21.8 Å². The Hall–Kier alpha value is -2.77. The van der Waals surface area contributed by atoms with Gasteiger partial charge in [-0.2, -0.15) is 5.10 Å². The van der Waals surface area contributed by atoms with Gasteiger partial charge in [-0.15, -0.1) is 0 Å². The Kier molecular flexibility index (Phi) is 5.87. The SMILES string of the molecule is O=C(Cn1nc(-c2ccc(Br)cc2)ccc1=O)N1CCOC(c2ccccc2)C1. The number of ether oxygens (including phenoxy) is 1. The Bertz CT molecular complexity index is 1050. The number of benzene rings is 2. The molecule has 148 valence electrons. The summed E-state index contributed by atoms with van der Waals surface area (Å²) in [6.07, 6.45) is -0.160. The van der Waals surface area contributed by atoms with Crippen LogP contribution in [0.4, 0.5) is 0 Å². The summed E-state index contributed by atoms with van der Waals surface area (Å²) >= 11 is 3.41. The van der Waals surface area contributed by atoms with E-state index in [4.69, 9.17) is 4.74 Å². The Labute approximate surface area is 176 Å². The van der Waals surface area contributed by atoms with Crippen LogP contribution in [0, 0.1) is 0 Å². The van der Waals surface area contributed by atoms with Crippen LogP contribution in [-0.2, 0) is 16.1 Å². The highest BCUT2D eigenvalue weighted by Crippen LogP contribution is 2.22. The highest BCUT2D eigenvalue weighted by atomic mass is 79.9. The first-order chi connectivity index (χ1) is 14.1. The van der Waals surface area contributed by atoms with Crippen molar-refractivity contribution in [3.05, 3.63) is 87.1 Å². The standard InChI is InChI=1S/C22H20BrN3O3/c23-18-8-6-16(7-9-18)19-10-11-21(27)26(24-19)15-22(28)25-12-13-29-20(14-25)17-4-2-1-3-5-17/h1-11,20H,12-15H2. The lowest BCUT2D eigenvalue weighted by Crippen LogP contribution is -2.44. The first kappa shape index (κ1) is 19.5. The van der Waals surface area contributed by atoms with Crippen LogP contribution in [0.15, 0.2) is 76.0 Å². The molecule has 1 fully saturated rings. The van der Waals surface area contributed by atoms with E-state index >= 15 is 0 Å². The third kappa shape index (κ3) is 4.63. The smallest absolute Gasteiger partial charge is 0.267 e. The molecule has 1 saturated heterocycles. The number of halogens is 1. The van der Waals surface area contributed by atoms with E-state index in [9.17, 15) is 9.59 Å². The van der Waals surface area contributed by atoms with Crippen LogP contribution in [0.1, 0.15) is 11.7 Å². The molecule has 0 bridgehead atoms. The second-order valence-electron chi connectivity index (χ2n) is 6.83. The normalized spacial score (nSPS) is 16.6. The van der Waals surface area contributed by atoms with Crippen LogP contribution >= 0.6 is 15.9 Å². The molecule has 1 aliphatic heterocycles. The molecule has 1 unspecified atom stereocenters. The van der Waals surface area contributed by atoms with Crippen LogP contribution < -0.4 is 5.56 Å². The molecule has 0 N–H and O–H groups in total. The van der Waals surface area contributed by atoms with Crippen molar-refractivity contribution in [3.63, 3.8) is 0 Å². The van der Waals surface area contributed by atoms with E-state index in [1.165, 1.54) is 10.7 Å². The minimum atomic E-state index is -0.299. The maximum absolute atomic E-state index is 12.9. The molecule has 3 aromatic rings. The summed E-state index contributed by atoms with van der Waals surface area (Å²) < 4.78 is 8.01. The number of aromatic nitrogens is 2. The molecule has 1 aliphatic rings. The van der Waals surface area contributed by atoms with Crippen molar-refractivity contribution in [1.82, 2.24) is 14.7 Å². The number of amides is 1. The summed E-state index contributed by atoms with van der Waals surface area (Å²) in [6, 6.07) is 20.6. The molecule has 1 aromatic heterocycles. The number of hydrogen-bond donors (Lipinski definition) is 0. The van der Waals surface area contributed by atoms with Crippen molar-refractivity contribution < 1.29 is 9.53 Å². The zero-order chi connectivity index (χ0) is 20.2. The van der Waals surface area contributed by atoms with Crippen molar-refractivity contribution in [2.75, 3.05) is 19.7 Å². The fourth-order valence-corrected chi connectivity index (χ4v) is 3.57. The van der Waals surface area contributed by atoms with E-state index in [1.807, 2.05) is 54.6 Å². The number of hydrogen-bond acceptors (Lipinski definition) is 4. The monoisotopic (exact) mass is 453 g/mol. The second-order valence-corrected chi connectivity index (χ2v) is 7.75. The lowest BCUT2D eigenvalue weighted by molar-refractivity contribution is -0.139. The van der Waals surface area contributed by atoms with E-state index < -0.39 is 0 Å². The van der Waals surface area contributed by atoms with Gasteiger partial charge in [0.25, 0.3) is 5.56 Å². The lowest BCUT2D eigenvalue weighted by atomic mass is 10.1. The number of nitrogens with zero attached hydrogens (tertiary/aromatic N) is 3. The van der Waals surface area contributed by atoms with Gasteiger partial charge in [0.2, 0.25) is 5.91 Å². The fourth-order valence-electron chi connectivity index (χ4n) is 3.31. The number of carbonyl (C=O) groups is 1. The molecular formula is C22H20BrN3O3. The minimum absolute atomic E-state index is 0.0925. The predicted molar refractivity (Wildman–Crippen MR) is 113 cm³/mol. The average molecular weight is 454 g/mol. The van der Waals surface area contributed by atoms with Gasteiger partial charge in [0, 0.05) is 22.6 Å². The largest absolute Gasteiger partial charge is 0.370 e. The van der Waals surface area contributed by atoms with E-state index in [2.05, 4.69) is 21.0 Å². The molecule has 0 spiro atoms. The topological polar surface area (TPSA) is 64.4 Å². The Morgan fingerprint density at radius 2 is 1.83 bits per heavy atom. The highest BCUT2D eigenvalue weighted by molar-refractivity contribution is 9.10. The van der Waals surface area contributed by atoms with Gasteiger partial charge < -0.3 is 9.64 Å².